The highest BCUT2D eigenvalue weighted by atomic mass is 32.1. The zero-order chi connectivity index (χ0) is 14.3. The van der Waals surface area contributed by atoms with Crippen LogP contribution in [-0.4, -0.2) is 19.7 Å². The monoisotopic (exact) mass is 308 g/mol. The normalized spacial score (nSPS) is 16.6. The fraction of sp³-hybridized carbons (Fsp3) is 0.643. The minimum absolute atomic E-state index is 0.354. The second kappa shape index (κ2) is 5.41. The lowest BCUT2D eigenvalue weighted by molar-refractivity contribution is 0.529. The summed E-state index contributed by atoms with van der Waals surface area (Å²) in [4.78, 5) is 6.02. The van der Waals surface area contributed by atoms with E-state index < -0.39 is 0 Å². The predicted octanol–water partition coefficient (Wildman–Crippen LogP) is 4.47. The van der Waals surface area contributed by atoms with E-state index in [-0.39, 0.29) is 0 Å². The first-order valence-electron chi connectivity index (χ1n) is 7.32. The highest BCUT2D eigenvalue weighted by Gasteiger charge is 2.29. The molecule has 6 heteroatoms. The Kier molecular flexibility index (Phi) is 3.77. The summed E-state index contributed by atoms with van der Waals surface area (Å²) >= 11 is 7.20. The van der Waals surface area contributed by atoms with Gasteiger partial charge in [0.25, 0.3) is 0 Å². The fourth-order valence-corrected chi connectivity index (χ4v) is 3.97. The van der Waals surface area contributed by atoms with Gasteiger partial charge in [-0.05, 0) is 44.8 Å². The summed E-state index contributed by atoms with van der Waals surface area (Å²) in [6.07, 6.45) is 4.55. The van der Waals surface area contributed by atoms with Gasteiger partial charge >= 0.3 is 0 Å². The first-order chi connectivity index (χ1) is 9.65. The number of aromatic nitrogens is 4. The van der Waals surface area contributed by atoms with E-state index in [0.29, 0.717) is 16.7 Å². The smallest absolute Gasteiger partial charge is 0.195 e. The molecule has 2 aromatic rings. The maximum atomic E-state index is 5.39. The highest BCUT2D eigenvalue weighted by Crippen LogP contribution is 2.44. The number of thiazole rings is 1. The summed E-state index contributed by atoms with van der Waals surface area (Å²) in [5.41, 5.74) is 1.16. The van der Waals surface area contributed by atoms with Crippen molar-refractivity contribution in [3.8, 4) is 10.7 Å². The van der Waals surface area contributed by atoms with Gasteiger partial charge in [0.05, 0.1) is 15.6 Å². The molecule has 108 valence electrons. The number of nitrogens with zero attached hydrogens (tertiary/aromatic N) is 3. The minimum atomic E-state index is 0.354. The average molecular weight is 308 g/mol. The topological polar surface area (TPSA) is 46.5 Å². The quantitative estimate of drug-likeness (QED) is 0.829. The van der Waals surface area contributed by atoms with Crippen LogP contribution < -0.4 is 0 Å². The molecule has 0 radical (unpaired) electrons. The molecular weight excluding hydrogens is 288 g/mol. The molecule has 0 spiro atoms. The molecule has 1 atom stereocenters. The summed E-state index contributed by atoms with van der Waals surface area (Å²) < 4.78 is 2.84. The van der Waals surface area contributed by atoms with E-state index in [9.17, 15) is 0 Å². The van der Waals surface area contributed by atoms with Gasteiger partial charge in [-0.3, -0.25) is 9.67 Å². The van der Waals surface area contributed by atoms with Crippen molar-refractivity contribution in [2.75, 3.05) is 0 Å². The molecule has 0 amide bonds. The summed E-state index contributed by atoms with van der Waals surface area (Å²) in [6, 6.07) is 0.354. The van der Waals surface area contributed by atoms with Crippen molar-refractivity contribution in [1.29, 1.82) is 0 Å². The first kappa shape index (κ1) is 13.9. The molecule has 2 aromatic heterocycles. The molecule has 1 unspecified atom stereocenters. The summed E-state index contributed by atoms with van der Waals surface area (Å²) in [7, 11) is 0. The van der Waals surface area contributed by atoms with E-state index in [1.165, 1.54) is 22.7 Å². The SMILES string of the molecule is CCc1nc(C2CC2)sc1-c1n[nH]c(=S)n1C(C)CC. The third-order valence-electron chi connectivity index (χ3n) is 3.91. The lowest BCUT2D eigenvalue weighted by Gasteiger charge is -2.12. The van der Waals surface area contributed by atoms with Gasteiger partial charge in [0, 0.05) is 12.0 Å². The Balaban J connectivity index is 2.10. The Morgan fingerprint density at radius 1 is 1.45 bits per heavy atom. The maximum absolute atomic E-state index is 5.39. The second-order valence-corrected chi connectivity index (χ2v) is 6.85. The number of hydrogen-bond donors (Lipinski definition) is 1. The summed E-state index contributed by atoms with van der Waals surface area (Å²) in [6.45, 7) is 6.51. The van der Waals surface area contributed by atoms with E-state index in [0.717, 1.165) is 24.4 Å². The number of nitrogens with one attached hydrogen (secondary N) is 1. The molecule has 1 aliphatic carbocycles. The minimum Gasteiger partial charge on any atom is -0.297 e. The second-order valence-electron chi connectivity index (χ2n) is 5.44. The summed E-state index contributed by atoms with van der Waals surface area (Å²) in [5, 5.41) is 8.70. The molecular formula is C14H20N4S2. The third-order valence-corrected chi connectivity index (χ3v) is 5.46. The Labute approximate surface area is 128 Å². The lowest BCUT2D eigenvalue weighted by atomic mass is 10.2. The molecule has 1 N–H and O–H groups in total. The van der Waals surface area contributed by atoms with Gasteiger partial charge in [0.2, 0.25) is 0 Å². The molecule has 2 heterocycles. The van der Waals surface area contributed by atoms with E-state index in [2.05, 4.69) is 35.5 Å². The third kappa shape index (κ3) is 2.35. The van der Waals surface area contributed by atoms with Crippen LogP contribution in [0.25, 0.3) is 10.7 Å². The van der Waals surface area contributed by atoms with Crippen LogP contribution >= 0.6 is 23.6 Å². The van der Waals surface area contributed by atoms with Gasteiger partial charge in [0.15, 0.2) is 10.6 Å². The highest BCUT2D eigenvalue weighted by molar-refractivity contribution is 7.71. The fourth-order valence-electron chi connectivity index (χ4n) is 2.35. The maximum Gasteiger partial charge on any atom is 0.195 e. The Morgan fingerprint density at radius 2 is 2.20 bits per heavy atom. The molecule has 0 saturated heterocycles. The van der Waals surface area contributed by atoms with Crippen molar-refractivity contribution >= 4 is 23.6 Å². The van der Waals surface area contributed by atoms with Crippen molar-refractivity contribution in [2.45, 2.75) is 58.4 Å². The number of aromatic amines is 1. The van der Waals surface area contributed by atoms with Crippen LogP contribution in [0.2, 0.25) is 0 Å². The van der Waals surface area contributed by atoms with Crippen LogP contribution in [0.3, 0.4) is 0 Å². The van der Waals surface area contributed by atoms with E-state index >= 15 is 0 Å². The van der Waals surface area contributed by atoms with Crippen molar-refractivity contribution in [3.63, 3.8) is 0 Å². The zero-order valence-electron chi connectivity index (χ0n) is 12.1. The molecule has 1 fully saturated rings. The van der Waals surface area contributed by atoms with Crippen molar-refractivity contribution in [3.05, 3.63) is 15.5 Å². The molecule has 0 aliphatic heterocycles. The predicted molar refractivity (Wildman–Crippen MR) is 84.9 cm³/mol. The van der Waals surface area contributed by atoms with Crippen molar-refractivity contribution in [1.82, 2.24) is 19.7 Å². The number of hydrogen-bond acceptors (Lipinski definition) is 4. The molecule has 1 saturated carbocycles. The molecule has 4 nitrogen and oxygen atoms in total. The Bertz CT molecular complexity index is 663. The molecule has 0 bridgehead atoms. The number of H-pyrrole nitrogens is 1. The van der Waals surface area contributed by atoms with Crippen molar-refractivity contribution < 1.29 is 0 Å². The van der Waals surface area contributed by atoms with Gasteiger partial charge in [-0.25, -0.2) is 4.98 Å². The standard InChI is InChI=1S/C14H20N4S2/c1-4-8(3)18-12(16-17-14(18)19)11-10(5-2)15-13(20-11)9-6-7-9/h8-9H,4-7H2,1-3H3,(H,17,19). The van der Waals surface area contributed by atoms with Crippen LogP contribution in [-0.2, 0) is 6.42 Å². The first-order valence-corrected chi connectivity index (χ1v) is 8.55. The number of rotatable bonds is 5. The van der Waals surface area contributed by atoms with Crippen LogP contribution in [0.4, 0.5) is 0 Å². The van der Waals surface area contributed by atoms with Gasteiger partial charge in [-0.15, -0.1) is 11.3 Å². The van der Waals surface area contributed by atoms with E-state index in [1.807, 2.05) is 0 Å². The number of aryl methyl sites for hydroxylation is 1. The Hall–Kier alpha value is -1.01. The molecule has 3 rings (SSSR count). The van der Waals surface area contributed by atoms with Crippen LogP contribution in [0, 0.1) is 4.77 Å². The van der Waals surface area contributed by atoms with Gasteiger partial charge < -0.3 is 0 Å². The molecule has 20 heavy (non-hydrogen) atoms. The molecule has 1 aliphatic rings. The van der Waals surface area contributed by atoms with Crippen LogP contribution in [0.15, 0.2) is 0 Å². The van der Waals surface area contributed by atoms with Gasteiger partial charge in [-0.1, -0.05) is 13.8 Å². The van der Waals surface area contributed by atoms with E-state index in [1.54, 1.807) is 11.3 Å². The Morgan fingerprint density at radius 3 is 2.80 bits per heavy atom. The summed E-state index contributed by atoms with van der Waals surface area (Å²) in [5.74, 6) is 1.66. The van der Waals surface area contributed by atoms with Gasteiger partial charge in [-0.2, -0.15) is 5.10 Å². The van der Waals surface area contributed by atoms with Crippen LogP contribution in [0.1, 0.15) is 62.7 Å². The lowest BCUT2D eigenvalue weighted by Crippen LogP contribution is -2.06. The van der Waals surface area contributed by atoms with Crippen molar-refractivity contribution in [2.24, 2.45) is 0 Å². The van der Waals surface area contributed by atoms with Crippen LogP contribution in [0.5, 0.6) is 0 Å². The average Bonchev–Trinajstić information content (AvgIpc) is 3.10. The molecule has 0 aromatic carbocycles. The van der Waals surface area contributed by atoms with Gasteiger partial charge in [0.1, 0.15) is 0 Å². The van der Waals surface area contributed by atoms with E-state index in [4.69, 9.17) is 17.2 Å². The zero-order valence-corrected chi connectivity index (χ0v) is 13.8. The largest absolute Gasteiger partial charge is 0.297 e.